The van der Waals surface area contributed by atoms with E-state index in [1.807, 2.05) is 24.3 Å². The molecule has 9 heteroatoms. The van der Waals surface area contributed by atoms with Crippen LogP contribution >= 0.6 is 11.6 Å². The van der Waals surface area contributed by atoms with Gasteiger partial charge in [0, 0.05) is 37.7 Å². The van der Waals surface area contributed by atoms with Crippen molar-refractivity contribution >= 4 is 29.1 Å². The summed E-state index contributed by atoms with van der Waals surface area (Å²) in [5.74, 6) is 0.786. The summed E-state index contributed by atoms with van der Waals surface area (Å²) in [6, 6.07) is 12.7. The maximum atomic E-state index is 12.3. The van der Waals surface area contributed by atoms with Gasteiger partial charge in [0.1, 0.15) is 0 Å². The highest BCUT2D eigenvalue weighted by Gasteiger charge is 2.14. The number of methoxy groups -OCH3 is 1. The van der Waals surface area contributed by atoms with Gasteiger partial charge in [0.2, 0.25) is 17.6 Å². The minimum Gasteiger partial charge on any atom is -0.383 e. The van der Waals surface area contributed by atoms with Crippen molar-refractivity contribution in [3.8, 4) is 11.4 Å². The number of hydrogen-bond acceptors (Lipinski definition) is 6. The fraction of sp³-hybridized carbons (Fsp3) is 0.333. The van der Waals surface area contributed by atoms with E-state index in [1.165, 1.54) is 11.6 Å². The van der Waals surface area contributed by atoms with Crippen LogP contribution in [0.2, 0.25) is 5.02 Å². The molecule has 3 aromatic rings. The van der Waals surface area contributed by atoms with Gasteiger partial charge >= 0.3 is 0 Å². The second-order valence-corrected chi connectivity index (χ2v) is 8.19. The molecule has 8 nitrogen and oxygen atoms in total. The molecule has 33 heavy (non-hydrogen) atoms. The van der Waals surface area contributed by atoms with Crippen LogP contribution in [0.4, 0.5) is 5.69 Å². The number of nitrogens with zero attached hydrogens (tertiary/aromatic N) is 2. The van der Waals surface area contributed by atoms with E-state index in [9.17, 15) is 9.59 Å². The molecule has 0 aliphatic heterocycles. The Labute approximate surface area is 197 Å². The van der Waals surface area contributed by atoms with Gasteiger partial charge in [0.15, 0.2) is 0 Å². The maximum absolute atomic E-state index is 12.3. The number of hydrogen-bond donors (Lipinski definition) is 2. The first-order valence-electron chi connectivity index (χ1n) is 10.7. The molecule has 174 valence electrons. The molecule has 0 atom stereocenters. The third-order valence-electron chi connectivity index (χ3n) is 4.96. The number of benzene rings is 2. The number of aryl methyl sites for hydroxylation is 1. The summed E-state index contributed by atoms with van der Waals surface area (Å²) in [6.07, 6.45) is 0.460. The van der Waals surface area contributed by atoms with Crippen LogP contribution < -0.4 is 10.6 Å². The lowest BCUT2D eigenvalue weighted by molar-refractivity contribution is -0.116. The number of carbonyl (C=O) groups excluding carboxylic acids is 2. The monoisotopic (exact) mass is 470 g/mol. The molecule has 2 aromatic carbocycles. The van der Waals surface area contributed by atoms with Gasteiger partial charge in [0.05, 0.1) is 17.2 Å². The molecule has 0 saturated carbocycles. The Morgan fingerprint density at radius 3 is 2.58 bits per heavy atom. The Balaban J connectivity index is 1.52. The van der Waals surface area contributed by atoms with Crippen molar-refractivity contribution in [2.24, 2.45) is 0 Å². The first kappa shape index (κ1) is 24.4. The third kappa shape index (κ3) is 6.87. The van der Waals surface area contributed by atoms with E-state index in [0.717, 1.165) is 5.56 Å². The number of halogens is 1. The summed E-state index contributed by atoms with van der Waals surface area (Å²) < 4.78 is 10.2. The fourth-order valence-corrected chi connectivity index (χ4v) is 3.34. The number of ether oxygens (including phenoxy) is 1. The molecule has 0 aliphatic rings. The van der Waals surface area contributed by atoms with Gasteiger partial charge in [-0.05, 0) is 29.7 Å². The Morgan fingerprint density at radius 1 is 1.15 bits per heavy atom. The predicted molar refractivity (Wildman–Crippen MR) is 126 cm³/mol. The average molecular weight is 471 g/mol. The highest BCUT2D eigenvalue weighted by Crippen LogP contribution is 2.22. The van der Waals surface area contributed by atoms with Crippen molar-refractivity contribution in [3.05, 3.63) is 64.5 Å². The molecule has 0 fully saturated rings. The molecule has 2 N–H and O–H groups in total. The van der Waals surface area contributed by atoms with Crippen molar-refractivity contribution in [2.75, 3.05) is 25.6 Å². The highest BCUT2D eigenvalue weighted by atomic mass is 35.5. The summed E-state index contributed by atoms with van der Waals surface area (Å²) in [4.78, 5) is 28.8. The Hall–Kier alpha value is -3.23. The second-order valence-electron chi connectivity index (χ2n) is 7.78. The Bertz CT molecular complexity index is 1100. The van der Waals surface area contributed by atoms with Crippen molar-refractivity contribution in [1.82, 2.24) is 15.5 Å². The minimum absolute atomic E-state index is 0.158. The summed E-state index contributed by atoms with van der Waals surface area (Å²) in [6.45, 7) is 5.06. The van der Waals surface area contributed by atoms with Crippen molar-refractivity contribution in [2.45, 2.75) is 32.6 Å². The van der Waals surface area contributed by atoms with Crippen LogP contribution in [0.25, 0.3) is 11.4 Å². The van der Waals surface area contributed by atoms with Crippen LogP contribution in [0.15, 0.2) is 47.0 Å². The largest absolute Gasteiger partial charge is 0.383 e. The number of rotatable bonds is 10. The van der Waals surface area contributed by atoms with Crippen molar-refractivity contribution < 1.29 is 18.8 Å². The smallest absolute Gasteiger partial charge is 0.252 e. The highest BCUT2D eigenvalue weighted by molar-refractivity contribution is 6.34. The lowest BCUT2D eigenvalue weighted by Crippen LogP contribution is -2.27. The number of carbonyl (C=O) groups is 2. The zero-order valence-corrected chi connectivity index (χ0v) is 19.6. The van der Waals surface area contributed by atoms with Crippen LogP contribution in [0.1, 0.15) is 48.0 Å². The van der Waals surface area contributed by atoms with Gasteiger partial charge in [-0.1, -0.05) is 54.9 Å². The topological polar surface area (TPSA) is 106 Å². The van der Waals surface area contributed by atoms with E-state index in [-0.39, 0.29) is 23.3 Å². The second kappa shape index (κ2) is 11.6. The fourth-order valence-electron chi connectivity index (χ4n) is 3.07. The van der Waals surface area contributed by atoms with Crippen LogP contribution in [0.5, 0.6) is 0 Å². The molecule has 0 spiro atoms. The van der Waals surface area contributed by atoms with Gasteiger partial charge in [-0.25, -0.2) is 0 Å². The van der Waals surface area contributed by atoms with Gasteiger partial charge in [-0.3, -0.25) is 9.59 Å². The number of nitrogens with one attached hydrogen (secondary N) is 2. The molecule has 2 amide bonds. The molecule has 0 saturated heterocycles. The quantitative estimate of drug-likeness (QED) is 0.424. The van der Waals surface area contributed by atoms with Crippen molar-refractivity contribution in [1.29, 1.82) is 0 Å². The predicted octanol–water partition coefficient (Wildman–Crippen LogP) is 4.46. The van der Waals surface area contributed by atoms with Crippen molar-refractivity contribution in [3.63, 3.8) is 0 Å². The molecular formula is C24H27ClN4O4. The van der Waals surface area contributed by atoms with Gasteiger partial charge in [-0.15, -0.1) is 0 Å². The third-order valence-corrected chi connectivity index (χ3v) is 5.27. The molecule has 0 aliphatic carbocycles. The molecule has 0 bridgehead atoms. The SMILES string of the molecule is COCCNC(=O)c1ccc(NC(=O)CCc2nc(-c3ccc(C(C)C)cc3)no2)cc1Cl. The maximum Gasteiger partial charge on any atom is 0.252 e. The molecule has 0 unspecified atom stereocenters. The van der Waals surface area contributed by atoms with Crippen LogP contribution in [-0.4, -0.2) is 42.2 Å². The minimum atomic E-state index is -0.305. The number of anilines is 1. The van der Waals surface area contributed by atoms with Gasteiger partial charge in [0.25, 0.3) is 5.91 Å². The number of amides is 2. The van der Waals surface area contributed by atoms with Gasteiger partial charge < -0.3 is 19.9 Å². The lowest BCUT2D eigenvalue weighted by atomic mass is 10.0. The summed E-state index contributed by atoms with van der Waals surface area (Å²) in [7, 11) is 1.55. The van der Waals surface area contributed by atoms with E-state index in [1.54, 1.807) is 19.2 Å². The van der Waals surface area contributed by atoms with Crippen LogP contribution in [0, 0.1) is 0 Å². The molecule has 1 heterocycles. The molecule has 3 rings (SSSR count). The summed E-state index contributed by atoms with van der Waals surface area (Å²) in [5, 5.41) is 9.71. The van der Waals surface area contributed by atoms with E-state index in [2.05, 4.69) is 34.6 Å². The first-order chi connectivity index (χ1) is 15.9. The Morgan fingerprint density at radius 2 is 1.91 bits per heavy atom. The van der Waals surface area contributed by atoms with Gasteiger partial charge in [-0.2, -0.15) is 4.98 Å². The zero-order chi connectivity index (χ0) is 23.8. The van der Waals surface area contributed by atoms with E-state index in [4.69, 9.17) is 20.9 Å². The van der Waals surface area contributed by atoms with Crippen LogP contribution in [0.3, 0.4) is 0 Å². The van der Waals surface area contributed by atoms with E-state index < -0.39 is 0 Å². The van der Waals surface area contributed by atoms with Crippen LogP contribution in [-0.2, 0) is 16.0 Å². The van der Waals surface area contributed by atoms with E-state index in [0.29, 0.717) is 48.5 Å². The Kier molecular flexibility index (Phi) is 8.57. The summed E-state index contributed by atoms with van der Waals surface area (Å²) >= 11 is 6.20. The molecular weight excluding hydrogens is 444 g/mol. The molecule has 1 aromatic heterocycles. The lowest BCUT2D eigenvalue weighted by Gasteiger charge is -2.09. The molecule has 0 radical (unpaired) electrons. The standard InChI is InChI=1S/C24H27ClN4O4/c1-15(2)16-4-6-17(7-5-16)23-28-22(33-29-23)11-10-21(30)27-18-8-9-19(20(25)14-18)24(31)26-12-13-32-3/h4-9,14-15H,10-13H2,1-3H3,(H,26,31)(H,27,30). The average Bonchev–Trinajstić information content (AvgIpc) is 3.27. The van der Waals surface area contributed by atoms with E-state index >= 15 is 0 Å². The normalized spacial score (nSPS) is 10.9. The first-order valence-corrected chi connectivity index (χ1v) is 11.0. The number of aromatic nitrogens is 2. The zero-order valence-electron chi connectivity index (χ0n) is 18.9. The summed E-state index contributed by atoms with van der Waals surface area (Å²) in [5.41, 5.74) is 2.92.